The van der Waals surface area contributed by atoms with Gasteiger partial charge in [0.25, 0.3) is 0 Å². The fraction of sp³-hybridized carbons (Fsp3) is 1.00. The zero-order chi connectivity index (χ0) is 10.4. The van der Waals surface area contributed by atoms with E-state index in [1.54, 1.807) is 0 Å². The van der Waals surface area contributed by atoms with Crippen molar-refractivity contribution in [3.8, 4) is 0 Å². The van der Waals surface area contributed by atoms with E-state index in [-0.39, 0.29) is 5.41 Å². The number of rotatable bonds is 6. The summed E-state index contributed by atoms with van der Waals surface area (Å²) in [5.74, 6) is 0. The molecule has 0 aliphatic carbocycles. The predicted molar refractivity (Wildman–Crippen MR) is 57.2 cm³/mol. The number of hydrogen-bond donors (Lipinski definition) is 1. The van der Waals surface area contributed by atoms with Crippen molar-refractivity contribution in [1.82, 2.24) is 0 Å². The molecule has 2 N–H and O–H groups in total. The lowest BCUT2D eigenvalue weighted by molar-refractivity contribution is 0.0372. The van der Waals surface area contributed by atoms with E-state index >= 15 is 0 Å². The highest BCUT2D eigenvalue weighted by atomic mass is 16.5. The molecule has 1 aliphatic heterocycles. The molecule has 1 saturated heterocycles. The Morgan fingerprint density at radius 1 is 1.50 bits per heavy atom. The van der Waals surface area contributed by atoms with Gasteiger partial charge in [-0.05, 0) is 31.2 Å². The second-order valence-electron chi connectivity index (χ2n) is 4.83. The van der Waals surface area contributed by atoms with Gasteiger partial charge in [0.1, 0.15) is 0 Å². The van der Waals surface area contributed by atoms with Crippen molar-refractivity contribution in [1.29, 1.82) is 0 Å². The summed E-state index contributed by atoms with van der Waals surface area (Å²) in [7, 11) is 0. The van der Waals surface area contributed by atoms with E-state index in [9.17, 15) is 0 Å². The Kier molecular flexibility index (Phi) is 4.85. The molecule has 1 aliphatic rings. The quantitative estimate of drug-likeness (QED) is 0.663. The SMILES string of the molecule is CC(C)(CN)CCCOC1CCOC1. The van der Waals surface area contributed by atoms with Crippen molar-refractivity contribution in [2.24, 2.45) is 11.1 Å². The minimum Gasteiger partial charge on any atom is -0.379 e. The first-order valence-corrected chi connectivity index (χ1v) is 5.53. The molecule has 84 valence electrons. The second kappa shape index (κ2) is 5.69. The van der Waals surface area contributed by atoms with Crippen LogP contribution in [0.5, 0.6) is 0 Å². The van der Waals surface area contributed by atoms with Crippen LogP contribution in [0.4, 0.5) is 0 Å². The Hall–Kier alpha value is -0.120. The molecule has 0 aromatic rings. The average Bonchev–Trinajstić information content (AvgIpc) is 2.65. The van der Waals surface area contributed by atoms with Gasteiger partial charge < -0.3 is 15.2 Å². The van der Waals surface area contributed by atoms with Crippen LogP contribution in [0.1, 0.15) is 33.1 Å². The van der Waals surface area contributed by atoms with Crippen molar-refractivity contribution in [2.75, 3.05) is 26.4 Å². The van der Waals surface area contributed by atoms with Crippen LogP contribution in [0.25, 0.3) is 0 Å². The minimum absolute atomic E-state index is 0.259. The number of hydrogen-bond acceptors (Lipinski definition) is 3. The van der Waals surface area contributed by atoms with Gasteiger partial charge in [-0.15, -0.1) is 0 Å². The molecule has 1 fully saturated rings. The fourth-order valence-electron chi connectivity index (χ4n) is 1.55. The summed E-state index contributed by atoms with van der Waals surface area (Å²) in [6, 6.07) is 0. The van der Waals surface area contributed by atoms with Gasteiger partial charge in [-0.1, -0.05) is 13.8 Å². The van der Waals surface area contributed by atoms with E-state index in [4.69, 9.17) is 15.2 Å². The minimum atomic E-state index is 0.259. The summed E-state index contributed by atoms with van der Waals surface area (Å²) in [4.78, 5) is 0. The lowest BCUT2D eigenvalue weighted by Gasteiger charge is -2.22. The molecule has 0 saturated carbocycles. The van der Waals surface area contributed by atoms with E-state index in [1.807, 2.05) is 0 Å². The molecule has 0 amide bonds. The smallest absolute Gasteiger partial charge is 0.0830 e. The van der Waals surface area contributed by atoms with Gasteiger partial charge in [0.05, 0.1) is 12.7 Å². The topological polar surface area (TPSA) is 44.5 Å². The third-order valence-corrected chi connectivity index (χ3v) is 2.79. The van der Waals surface area contributed by atoms with Crippen LogP contribution in [-0.2, 0) is 9.47 Å². The molecule has 14 heavy (non-hydrogen) atoms. The van der Waals surface area contributed by atoms with Crippen molar-refractivity contribution >= 4 is 0 Å². The predicted octanol–water partition coefficient (Wildman–Crippen LogP) is 1.56. The summed E-state index contributed by atoms with van der Waals surface area (Å²) in [5.41, 5.74) is 5.91. The molecule has 0 aromatic heterocycles. The molecule has 1 unspecified atom stereocenters. The maximum atomic E-state index is 5.68. The summed E-state index contributed by atoms with van der Waals surface area (Å²) in [6.45, 7) is 7.63. The second-order valence-corrected chi connectivity index (χ2v) is 4.83. The van der Waals surface area contributed by atoms with E-state index < -0.39 is 0 Å². The third kappa shape index (κ3) is 4.40. The molecule has 0 radical (unpaired) electrons. The standard InChI is InChI=1S/C11H23NO2/c1-11(2,9-12)5-3-6-14-10-4-7-13-8-10/h10H,3-9,12H2,1-2H3. The third-order valence-electron chi connectivity index (χ3n) is 2.79. The Bertz CT molecular complexity index is 153. The van der Waals surface area contributed by atoms with Gasteiger partial charge >= 0.3 is 0 Å². The van der Waals surface area contributed by atoms with Crippen molar-refractivity contribution < 1.29 is 9.47 Å². The lowest BCUT2D eigenvalue weighted by atomic mass is 9.88. The van der Waals surface area contributed by atoms with Crippen LogP contribution < -0.4 is 5.73 Å². The average molecular weight is 201 g/mol. The first-order valence-electron chi connectivity index (χ1n) is 5.53. The van der Waals surface area contributed by atoms with E-state index in [0.29, 0.717) is 6.10 Å². The van der Waals surface area contributed by atoms with Crippen LogP contribution in [0.3, 0.4) is 0 Å². The van der Waals surface area contributed by atoms with Crippen molar-refractivity contribution in [2.45, 2.75) is 39.2 Å². The lowest BCUT2D eigenvalue weighted by Crippen LogP contribution is -2.24. The molecule has 1 heterocycles. The van der Waals surface area contributed by atoms with Crippen molar-refractivity contribution in [3.63, 3.8) is 0 Å². The van der Waals surface area contributed by atoms with Gasteiger partial charge in [-0.25, -0.2) is 0 Å². The normalized spacial score (nSPS) is 22.9. The highest BCUT2D eigenvalue weighted by Gasteiger charge is 2.17. The van der Waals surface area contributed by atoms with Crippen LogP contribution in [0.2, 0.25) is 0 Å². The number of nitrogens with two attached hydrogens (primary N) is 1. The Morgan fingerprint density at radius 2 is 2.29 bits per heavy atom. The Morgan fingerprint density at radius 3 is 2.86 bits per heavy atom. The van der Waals surface area contributed by atoms with Gasteiger partial charge in [0, 0.05) is 13.2 Å². The zero-order valence-electron chi connectivity index (χ0n) is 9.42. The van der Waals surface area contributed by atoms with Crippen LogP contribution in [0.15, 0.2) is 0 Å². The molecule has 0 aromatic carbocycles. The van der Waals surface area contributed by atoms with Crippen LogP contribution in [-0.4, -0.2) is 32.5 Å². The fourth-order valence-corrected chi connectivity index (χ4v) is 1.55. The molecule has 3 nitrogen and oxygen atoms in total. The first-order chi connectivity index (χ1) is 6.64. The van der Waals surface area contributed by atoms with Gasteiger partial charge in [-0.2, -0.15) is 0 Å². The highest BCUT2D eigenvalue weighted by molar-refractivity contribution is 4.69. The largest absolute Gasteiger partial charge is 0.379 e. The molecular weight excluding hydrogens is 178 g/mol. The monoisotopic (exact) mass is 201 g/mol. The van der Waals surface area contributed by atoms with Crippen LogP contribution >= 0.6 is 0 Å². The maximum Gasteiger partial charge on any atom is 0.0830 e. The highest BCUT2D eigenvalue weighted by Crippen LogP contribution is 2.20. The molecule has 3 heteroatoms. The molecule has 0 bridgehead atoms. The van der Waals surface area contributed by atoms with E-state index in [2.05, 4.69) is 13.8 Å². The maximum absolute atomic E-state index is 5.68. The summed E-state index contributed by atoms with van der Waals surface area (Å²) < 4.78 is 10.9. The zero-order valence-corrected chi connectivity index (χ0v) is 9.42. The van der Waals surface area contributed by atoms with Gasteiger partial charge in [0.15, 0.2) is 0 Å². The van der Waals surface area contributed by atoms with Crippen molar-refractivity contribution in [3.05, 3.63) is 0 Å². The van der Waals surface area contributed by atoms with Gasteiger partial charge in [0.2, 0.25) is 0 Å². The summed E-state index contributed by atoms with van der Waals surface area (Å²) in [6.07, 6.45) is 3.63. The van der Waals surface area contributed by atoms with E-state index in [0.717, 1.165) is 45.6 Å². The van der Waals surface area contributed by atoms with Crippen LogP contribution in [0, 0.1) is 5.41 Å². The molecular formula is C11H23NO2. The number of ether oxygens (including phenoxy) is 2. The summed E-state index contributed by atoms with van der Waals surface area (Å²) in [5, 5.41) is 0. The molecule has 1 atom stereocenters. The molecule has 0 spiro atoms. The Balaban J connectivity index is 1.98. The van der Waals surface area contributed by atoms with Gasteiger partial charge in [-0.3, -0.25) is 0 Å². The summed E-state index contributed by atoms with van der Waals surface area (Å²) >= 11 is 0. The van der Waals surface area contributed by atoms with E-state index in [1.165, 1.54) is 0 Å². The Labute approximate surface area is 86.9 Å². The molecule has 1 rings (SSSR count). The first kappa shape index (κ1) is 12.0.